The van der Waals surface area contributed by atoms with E-state index in [9.17, 15) is 8.78 Å². The molecule has 3 rings (SSSR count). The van der Waals surface area contributed by atoms with E-state index >= 15 is 0 Å². The van der Waals surface area contributed by atoms with Crippen molar-refractivity contribution in [3.05, 3.63) is 45.2 Å². The number of aliphatic hydroxyl groups is 1. The number of hydrogen-bond donors (Lipinski definition) is 1. The molecule has 114 valence electrons. The van der Waals surface area contributed by atoms with E-state index in [1.807, 2.05) is 7.05 Å². The molecule has 1 aromatic carbocycles. The smallest absolute Gasteiger partial charge is 0.143 e. The first-order chi connectivity index (χ1) is 10.0. The van der Waals surface area contributed by atoms with Gasteiger partial charge < -0.3 is 14.9 Å². The van der Waals surface area contributed by atoms with Crippen molar-refractivity contribution in [3.8, 4) is 0 Å². The van der Waals surface area contributed by atoms with Crippen LogP contribution in [-0.2, 0) is 0 Å². The fourth-order valence-electron chi connectivity index (χ4n) is 3.36. The highest BCUT2D eigenvalue weighted by molar-refractivity contribution is 9.10. The zero-order valence-electron chi connectivity index (χ0n) is 11.7. The van der Waals surface area contributed by atoms with E-state index in [1.165, 1.54) is 12.1 Å². The van der Waals surface area contributed by atoms with Gasteiger partial charge in [0, 0.05) is 49.5 Å². The largest absolute Gasteiger partial charge is 0.396 e. The quantitative estimate of drug-likeness (QED) is 0.841. The standard InChI is InChI=1S/C15H17BrF2N2O/c1-19-8-20-7-9(6-13(20)12(19)4-5-21)14-11(17)3-2-10(16)15(14)18/h2-3,9,21H,4-8H2,1H3/t9-/m1/s1. The first kappa shape index (κ1) is 14.8. The van der Waals surface area contributed by atoms with E-state index < -0.39 is 11.6 Å². The van der Waals surface area contributed by atoms with Crippen molar-refractivity contribution in [1.29, 1.82) is 0 Å². The Morgan fingerprint density at radius 1 is 1.38 bits per heavy atom. The monoisotopic (exact) mass is 358 g/mol. The maximum Gasteiger partial charge on any atom is 0.143 e. The lowest BCUT2D eigenvalue weighted by Gasteiger charge is -2.20. The Hall–Kier alpha value is -1.14. The zero-order chi connectivity index (χ0) is 15.1. The minimum Gasteiger partial charge on any atom is -0.396 e. The Morgan fingerprint density at radius 2 is 2.14 bits per heavy atom. The summed E-state index contributed by atoms with van der Waals surface area (Å²) in [6, 6.07) is 2.70. The normalized spacial score (nSPS) is 21.5. The molecule has 2 heterocycles. The van der Waals surface area contributed by atoms with Gasteiger partial charge in [0.1, 0.15) is 11.6 Å². The summed E-state index contributed by atoms with van der Waals surface area (Å²) in [5.74, 6) is -1.17. The third-order valence-electron chi connectivity index (χ3n) is 4.28. The molecular formula is C15H17BrF2N2O. The van der Waals surface area contributed by atoms with Crippen LogP contribution in [0.15, 0.2) is 28.0 Å². The zero-order valence-corrected chi connectivity index (χ0v) is 13.3. The van der Waals surface area contributed by atoms with Crippen LogP contribution < -0.4 is 0 Å². The number of allylic oxidation sites excluding steroid dienone is 1. The molecule has 21 heavy (non-hydrogen) atoms. The molecule has 0 aliphatic carbocycles. The van der Waals surface area contributed by atoms with Crippen LogP contribution in [0.4, 0.5) is 8.78 Å². The molecule has 1 fully saturated rings. The maximum atomic E-state index is 14.2. The van der Waals surface area contributed by atoms with Crippen LogP contribution in [0.2, 0.25) is 0 Å². The van der Waals surface area contributed by atoms with Crippen LogP contribution in [0.5, 0.6) is 0 Å². The average molecular weight is 359 g/mol. The molecule has 0 amide bonds. The van der Waals surface area contributed by atoms with Gasteiger partial charge in [-0.05, 0) is 34.5 Å². The van der Waals surface area contributed by atoms with Crippen molar-refractivity contribution in [2.24, 2.45) is 0 Å². The van der Waals surface area contributed by atoms with Crippen molar-refractivity contribution in [2.45, 2.75) is 18.8 Å². The molecule has 0 unspecified atom stereocenters. The summed E-state index contributed by atoms with van der Waals surface area (Å²) in [7, 11) is 1.98. The number of nitrogens with zero attached hydrogens (tertiary/aromatic N) is 2. The van der Waals surface area contributed by atoms with Gasteiger partial charge in [0.15, 0.2) is 0 Å². The van der Waals surface area contributed by atoms with E-state index in [-0.39, 0.29) is 18.1 Å². The number of aliphatic hydroxyl groups excluding tert-OH is 1. The van der Waals surface area contributed by atoms with Crippen LogP contribution in [0.25, 0.3) is 0 Å². The van der Waals surface area contributed by atoms with Gasteiger partial charge in [-0.3, -0.25) is 0 Å². The minimum absolute atomic E-state index is 0.0846. The van der Waals surface area contributed by atoms with E-state index in [0.717, 1.165) is 18.1 Å². The molecule has 1 N–H and O–H groups in total. The van der Waals surface area contributed by atoms with Crippen molar-refractivity contribution < 1.29 is 13.9 Å². The maximum absolute atomic E-state index is 14.2. The topological polar surface area (TPSA) is 26.7 Å². The van der Waals surface area contributed by atoms with Crippen molar-refractivity contribution >= 4 is 15.9 Å². The molecule has 0 bridgehead atoms. The third kappa shape index (κ3) is 2.44. The fourth-order valence-corrected chi connectivity index (χ4v) is 3.71. The summed E-state index contributed by atoms with van der Waals surface area (Å²) >= 11 is 3.13. The first-order valence-electron chi connectivity index (χ1n) is 6.95. The van der Waals surface area contributed by atoms with Gasteiger partial charge in [0.25, 0.3) is 0 Å². The molecule has 0 aromatic heterocycles. The highest BCUT2D eigenvalue weighted by Gasteiger charge is 2.37. The third-order valence-corrected chi connectivity index (χ3v) is 4.89. The van der Waals surface area contributed by atoms with Gasteiger partial charge in [-0.15, -0.1) is 0 Å². The molecule has 0 saturated carbocycles. The van der Waals surface area contributed by atoms with E-state index in [4.69, 9.17) is 5.11 Å². The number of hydrogen-bond acceptors (Lipinski definition) is 3. The lowest BCUT2D eigenvalue weighted by molar-refractivity contribution is 0.262. The Bertz CT molecular complexity index is 606. The average Bonchev–Trinajstić information content (AvgIpc) is 2.95. The molecule has 2 aliphatic heterocycles. The van der Waals surface area contributed by atoms with Gasteiger partial charge in [-0.25, -0.2) is 8.78 Å². The number of rotatable bonds is 3. The van der Waals surface area contributed by atoms with Crippen LogP contribution in [0.1, 0.15) is 24.3 Å². The van der Waals surface area contributed by atoms with Gasteiger partial charge in [-0.1, -0.05) is 0 Å². The summed E-state index contributed by atoms with van der Waals surface area (Å²) in [6.07, 6.45) is 1.20. The lowest BCUT2D eigenvalue weighted by atomic mass is 9.95. The Balaban J connectivity index is 1.94. The predicted octanol–water partition coefficient (Wildman–Crippen LogP) is 3.01. The predicted molar refractivity (Wildman–Crippen MR) is 79.5 cm³/mol. The summed E-state index contributed by atoms with van der Waals surface area (Å²) < 4.78 is 28.6. The van der Waals surface area contributed by atoms with Crippen molar-refractivity contribution in [3.63, 3.8) is 0 Å². The van der Waals surface area contributed by atoms with E-state index in [0.29, 0.717) is 23.9 Å². The lowest BCUT2D eigenvalue weighted by Crippen LogP contribution is -2.25. The van der Waals surface area contributed by atoms with Crippen LogP contribution in [0, 0.1) is 11.6 Å². The first-order valence-corrected chi connectivity index (χ1v) is 7.74. The Morgan fingerprint density at radius 3 is 2.86 bits per heavy atom. The van der Waals surface area contributed by atoms with Crippen LogP contribution >= 0.6 is 15.9 Å². The fraction of sp³-hybridized carbons (Fsp3) is 0.467. The van der Waals surface area contributed by atoms with E-state index in [1.54, 1.807) is 0 Å². The molecule has 6 heteroatoms. The summed E-state index contributed by atoms with van der Waals surface area (Å²) in [5.41, 5.74) is 2.35. The number of fused-ring (bicyclic) bond motifs is 1. The summed E-state index contributed by atoms with van der Waals surface area (Å²) in [4.78, 5) is 4.24. The van der Waals surface area contributed by atoms with Gasteiger partial charge in [-0.2, -0.15) is 0 Å². The van der Waals surface area contributed by atoms with Gasteiger partial charge in [0.2, 0.25) is 0 Å². The highest BCUT2D eigenvalue weighted by atomic mass is 79.9. The Labute approximate surface area is 131 Å². The minimum atomic E-state index is -0.501. The highest BCUT2D eigenvalue weighted by Crippen LogP contribution is 2.42. The van der Waals surface area contributed by atoms with E-state index in [2.05, 4.69) is 25.7 Å². The summed E-state index contributed by atoms with van der Waals surface area (Å²) in [5, 5.41) is 9.17. The second-order valence-corrected chi connectivity index (χ2v) is 6.44. The van der Waals surface area contributed by atoms with Crippen molar-refractivity contribution in [1.82, 2.24) is 9.80 Å². The number of halogens is 3. The van der Waals surface area contributed by atoms with Crippen LogP contribution in [-0.4, -0.2) is 41.8 Å². The van der Waals surface area contributed by atoms with Crippen LogP contribution in [0.3, 0.4) is 0 Å². The molecule has 1 saturated heterocycles. The number of benzene rings is 1. The SMILES string of the molecule is CN1CN2C[C@H](c3c(F)ccc(Br)c3F)CC2=C1CCO. The van der Waals surface area contributed by atoms with Gasteiger partial charge >= 0.3 is 0 Å². The van der Waals surface area contributed by atoms with Crippen molar-refractivity contribution in [2.75, 3.05) is 26.9 Å². The molecule has 3 nitrogen and oxygen atoms in total. The molecule has 1 aromatic rings. The second kappa shape index (κ2) is 5.57. The molecule has 0 spiro atoms. The second-order valence-electron chi connectivity index (χ2n) is 5.59. The van der Waals surface area contributed by atoms with Gasteiger partial charge in [0.05, 0.1) is 11.1 Å². The molecule has 0 radical (unpaired) electrons. The molecular weight excluding hydrogens is 342 g/mol. The summed E-state index contributed by atoms with van der Waals surface area (Å²) in [6.45, 7) is 1.42. The molecule has 2 aliphatic rings. The Kier molecular flexibility index (Phi) is 3.92. The molecule has 1 atom stereocenters.